The molecular weight excluding hydrogens is 405 g/mol. The van der Waals surface area contributed by atoms with E-state index in [1.807, 2.05) is 24.5 Å². The van der Waals surface area contributed by atoms with E-state index >= 15 is 0 Å². The Kier molecular flexibility index (Phi) is 6.48. The maximum absolute atomic E-state index is 14.0. The highest BCUT2D eigenvalue weighted by molar-refractivity contribution is 5.79. The average molecular weight is 438 g/mol. The fourth-order valence-corrected chi connectivity index (χ4v) is 5.70. The third-order valence-corrected chi connectivity index (χ3v) is 7.39. The Bertz CT molecular complexity index is 926. The Balaban J connectivity index is 1.17. The second-order valence-electron chi connectivity index (χ2n) is 9.50. The van der Waals surface area contributed by atoms with E-state index < -0.39 is 0 Å². The number of piperidine rings is 1. The Hall–Kier alpha value is -2.35. The summed E-state index contributed by atoms with van der Waals surface area (Å²) in [6.07, 6.45) is 8.46. The molecule has 1 amide bonds. The van der Waals surface area contributed by atoms with Crippen LogP contribution in [0.4, 0.5) is 4.39 Å². The lowest BCUT2D eigenvalue weighted by Gasteiger charge is -2.36. The predicted octanol–water partition coefficient (Wildman–Crippen LogP) is 2.94. The van der Waals surface area contributed by atoms with Crippen molar-refractivity contribution in [1.82, 2.24) is 26.1 Å². The van der Waals surface area contributed by atoms with Crippen molar-refractivity contribution in [3.63, 3.8) is 0 Å². The fraction of sp³-hybridized carbons (Fsp3) is 0.520. The molecule has 32 heavy (non-hydrogen) atoms. The zero-order valence-corrected chi connectivity index (χ0v) is 18.3. The number of carbonyl (C=O) groups is 1. The van der Waals surface area contributed by atoms with Crippen LogP contribution in [0, 0.1) is 17.7 Å². The summed E-state index contributed by atoms with van der Waals surface area (Å²) in [7, 11) is 0. The van der Waals surface area contributed by atoms with Gasteiger partial charge in [-0.25, -0.2) is 9.82 Å². The summed E-state index contributed by atoms with van der Waals surface area (Å²) in [4.78, 5) is 19.6. The first-order valence-electron chi connectivity index (χ1n) is 11.8. The first-order valence-corrected chi connectivity index (χ1v) is 11.8. The molecule has 0 radical (unpaired) electrons. The normalized spacial score (nSPS) is 30.6. The molecule has 1 aromatic carbocycles. The summed E-state index contributed by atoms with van der Waals surface area (Å²) in [5, 5.41) is 3.33. The molecule has 2 aromatic rings. The van der Waals surface area contributed by atoms with Gasteiger partial charge in [0.15, 0.2) is 0 Å². The smallest absolute Gasteiger partial charge is 0.223 e. The van der Waals surface area contributed by atoms with E-state index in [4.69, 9.17) is 0 Å². The topological polar surface area (TPSA) is 69.3 Å². The number of benzene rings is 1. The Morgan fingerprint density at radius 2 is 1.97 bits per heavy atom. The van der Waals surface area contributed by atoms with Crippen molar-refractivity contribution >= 4 is 5.91 Å². The van der Waals surface area contributed by atoms with E-state index in [1.165, 1.54) is 11.6 Å². The number of hydrazine groups is 1. The van der Waals surface area contributed by atoms with Gasteiger partial charge in [-0.2, -0.15) is 0 Å². The van der Waals surface area contributed by atoms with Crippen molar-refractivity contribution in [3.8, 4) is 0 Å². The molecule has 1 saturated carbocycles. The van der Waals surface area contributed by atoms with Gasteiger partial charge in [0.05, 0.1) is 6.04 Å². The van der Waals surface area contributed by atoms with Crippen LogP contribution in [0.5, 0.6) is 0 Å². The van der Waals surface area contributed by atoms with Crippen molar-refractivity contribution in [3.05, 3.63) is 65.7 Å². The molecule has 3 heterocycles. The Morgan fingerprint density at radius 1 is 1.12 bits per heavy atom. The van der Waals surface area contributed by atoms with Crippen LogP contribution in [0.3, 0.4) is 0 Å². The fourth-order valence-electron chi connectivity index (χ4n) is 5.70. The van der Waals surface area contributed by atoms with Crippen molar-refractivity contribution in [2.75, 3.05) is 13.1 Å². The molecular formula is C25H32FN5O. The number of rotatable bonds is 5. The third kappa shape index (κ3) is 4.70. The van der Waals surface area contributed by atoms with Crippen LogP contribution in [0.1, 0.15) is 49.3 Å². The van der Waals surface area contributed by atoms with Gasteiger partial charge >= 0.3 is 0 Å². The number of likely N-dealkylation sites (tertiary alicyclic amines) is 1. The van der Waals surface area contributed by atoms with Crippen LogP contribution in [0.15, 0.2) is 48.8 Å². The quantitative estimate of drug-likeness (QED) is 0.671. The second-order valence-corrected chi connectivity index (χ2v) is 9.50. The van der Waals surface area contributed by atoms with Crippen LogP contribution >= 0.6 is 0 Å². The van der Waals surface area contributed by atoms with Crippen LogP contribution in [0.25, 0.3) is 0 Å². The van der Waals surface area contributed by atoms with Gasteiger partial charge < -0.3 is 5.32 Å². The number of fused-ring (bicyclic) bond motifs is 1. The number of amides is 1. The van der Waals surface area contributed by atoms with Gasteiger partial charge in [-0.15, -0.1) is 0 Å². The monoisotopic (exact) mass is 437 g/mol. The van der Waals surface area contributed by atoms with Gasteiger partial charge in [-0.1, -0.05) is 18.2 Å². The van der Waals surface area contributed by atoms with Crippen molar-refractivity contribution in [2.24, 2.45) is 11.8 Å². The molecule has 2 saturated heterocycles. The minimum atomic E-state index is -0.155. The molecule has 2 aliphatic heterocycles. The van der Waals surface area contributed by atoms with E-state index in [-0.39, 0.29) is 29.7 Å². The summed E-state index contributed by atoms with van der Waals surface area (Å²) in [6.45, 7) is 2.32. The summed E-state index contributed by atoms with van der Waals surface area (Å²) in [5.41, 5.74) is 8.83. The van der Waals surface area contributed by atoms with E-state index in [0.29, 0.717) is 18.5 Å². The highest BCUT2D eigenvalue weighted by atomic mass is 19.1. The van der Waals surface area contributed by atoms with E-state index in [9.17, 15) is 9.18 Å². The number of carbonyl (C=O) groups excluding carboxylic acids is 1. The zero-order chi connectivity index (χ0) is 21.9. The molecule has 6 nitrogen and oxygen atoms in total. The molecule has 0 spiro atoms. The number of hydrogen-bond donors (Lipinski definition) is 3. The number of pyridine rings is 1. The number of nitrogens with one attached hydrogen (secondary N) is 3. The van der Waals surface area contributed by atoms with Gasteiger partial charge in [0, 0.05) is 49.0 Å². The maximum atomic E-state index is 14.0. The Morgan fingerprint density at radius 3 is 2.81 bits per heavy atom. The van der Waals surface area contributed by atoms with Gasteiger partial charge in [0.2, 0.25) is 5.91 Å². The van der Waals surface area contributed by atoms with Crippen LogP contribution in [-0.2, 0) is 11.3 Å². The maximum Gasteiger partial charge on any atom is 0.223 e. The molecule has 1 aromatic heterocycles. The van der Waals surface area contributed by atoms with Crippen LogP contribution < -0.4 is 16.2 Å². The molecule has 5 unspecified atom stereocenters. The molecule has 3 aliphatic rings. The highest BCUT2D eigenvalue weighted by Gasteiger charge is 2.43. The largest absolute Gasteiger partial charge is 0.352 e. The lowest BCUT2D eigenvalue weighted by atomic mass is 9.74. The SMILES string of the molecule is O=C(NC1CCCN(Cc2ccccc2F)C1)C1CCC2NNC(c3ccncc3)C2C1. The molecule has 5 rings (SSSR count). The van der Waals surface area contributed by atoms with E-state index in [2.05, 4.69) is 38.2 Å². The third-order valence-electron chi connectivity index (χ3n) is 7.39. The summed E-state index contributed by atoms with van der Waals surface area (Å²) in [5.74, 6) is 0.467. The van der Waals surface area contributed by atoms with Crippen molar-refractivity contribution in [2.45, 2.75) is 56.8 Å². The lowest BCUT2D eigenvalue weighted by Crippen LogP contribution is -2.50. The second kappa shape index (κ2) is 9.65. The van der Waals surface area contributed by atoms with Gasteiger partial charge in [-0.05, 0) is 68.3 Å². The van der Waals surface area contributed by atoms with E-state index in [0.717, 1.165) is 50.8 Å². The minimum Gasteiger partial charge on any atom is -0.352 e. The van der Waals surface area contributed by atoms with Crippen LogP contribution in [0.2, 0.25) is 0 Å². The van der Waals surface area contributed by atoms with E-state index in [1.54, 1.807) is 6.07 Å². The number of hydrogen-bond acceptors (Lipinski definition) is 5. The lowest BCUT2D eigenvalue weighted by molar-refractivity contribution is -0.127. The first kappa shape index (κ1) is 21.5. The molecule has 3 N–H and O–H groups in total. The molecule has 170 valence electrons. The predicted molar refractivity (Wildman–Crippen MR) is 121 cm³/mol. The van der Waals surface area contributed by atoms with Crippen LogP contribution in [-0.4, -0.2) is 41.0 Å². The average Bonchev–Trinajstić information content (AvgIpc) is 3.25. The van der Waals surface area contributed by atoms with Gasteiger partial charge in [0.25, 0.3) is 0 Å². The van der Waals surface area contributed by atoms with Gasteiger partial charge in [0.1, 0.15) is 5.82 Å². The van der Waals surface area contributed by atoms with Crippen molar-refractivity contribution in [1.29, 1.82) is 0 Å². The number of halogens is 1. The standard InChI is InChI=1S/C25H32FN5O/c26-22-6-2-1-4-19(22)15-31-13-3-5-20(16-31)28-25(32)18-7-8-23-21(14-18)24(30-29-23)17-9-11-27-12-10-17/h1-2,4,6,9-12,18,20-21,23-24,29-30H,3,5,7-8,13-16H2,(H,28,32). The molecule has 5 atom stereocenters. The molecule has 3 fully saturated rings. The zero-order valence-electron chi connectivity index (χ0n) is 18.3. The minimum absolute atomic E-state index is 0.0456. The number of aromatic nitrogens is 1. The molecule has 0 bridgehead atoms. The number of nitrogens with zero attached hydrogens (tertiary/aromatic N) is 2. The molecule has 7 heteroatoms. The molecule has 1 aliphatic carbocycles. The summed E-state index contributed by atoms with van der Waals surface area (Å²) < 4.78 is 14.0. The summed E-state index contributed by atoms with van der Waals surface area (Å²) >= 11 is 0. The Labute approximate surface area is 189 Å². The van der Waals surface area contributed by atoms with Crippen molar-refractivity contribution < 1.29 is 9.18 Å². The first-order chi connectivity index (χ1) is 15.7. The summed E-state index contributed by atoms with van der Waals surface area (Å²) in [6, 6.07) is 11.8. The van der Waals surface area contributed by atoms with Gasteiger partial charge in [-0.3, -0.25) is 20.1 Å². The highest BCUT2D eigenvalue weighted by Crippen LogP contribution is 2.40.